The van der Waals surface area contributed by atoms with E-state index in [0.717, 1.165) is 29.8 Å². The van der Waals surface area contributed by atoms with Crippen molar-refractivity contribution in [2.24, 2.45) is 7.05 Å². The van der Waals surface area contributed by atoms with Crippen LogP contribution in [-0.2, 0) is 23.7 Å². The minimum atomic E-state index is -0.352. The van der Waals surface area contributed by atoms with Crippen LogP contribution >= 0.6 is 11.6 Å². The van der Waals surface area contributed by atoms with E-state index in [9.17, 15) is 4.79 Å². The number of nitrogens with zero attached hydrogens (tertiary/aromatic N) is 2. The summed E-state index contributed by atoms with van der Waals surface area (Å²) < 4.78 is 1.70. The maximum absolute atomic E-state index is 12.8. The molecule has 0 spiro atoms. The van der Waals surface area contributed by atoms with Crippen molar-refractivity contribution < 1.29 is 4.79 Å². The molecule has 1 aromatic carbocycles. The predicted molar refractivity (Wildman–Crippen MR) is 83.4 cm³/mol. The molecule has 0 saturated heterocycles. The highest BCUT2D eigenvalue weighted by Gasteiger charge is 2.50. The molecule has 3 rings (SSSR count). The molecule has 0 unspecified atom stereocenters. The van der Waals surface area contributed by atoms with Gasteiger partial charge in [0, 0.05) is 12.7 Å². The highest BCUT2D eigenvalue weighted by atomic mass is 35.5. The number of nitrogen functional groups attached to an aromatic ring is 1. The van der Waals surface area contributed by atoms with Crippen LogP contribution in [0.2, 0.25) is 5.02 Å². The molecular weight excluding hydrogens is 286 g/mol. The fourth-order valence-corrected chi connectivity index (χ4v) is 3.08. The molecule has 1 saturated carbocycles. The van der Waals surface area contributed by atoms with Gasteiger partial charge in [0.2, 0.25) is 0 Å². The van der Waals surface area contributed by atoms with Crippen LogP contribution in [0.25, 0.3) is 0 Å². The zero-order chi connectivity index (χ0) is 15.2. The maximum Gasteiger partial charge on any atom is 0.149 e. The van der Waals surface area contributed by atoms with Gasteiger partial charge in [0.05, 0.1) is 28.2 Å². The standard InChI is InChI=1S/C16H18ClN3O/c1-10-15(17)13(20(2)19-10)9-14(21)16(7-8-16)11-3-5-12(18)6-4-11/h3-6H,7-9,18H2,1-2H3. The molecular formula is C16H18ClN3O. The molecule has 2 aromatic rings. The van der Waals surface area contributed by atoms with E-state index in [1.165, 1.54) is 0 Å². The second-order valence-corrected chi connectivity index (χ2v) is 6.15. The Hall–Kier alpha value is -1.81. The molecule has 21 heavy (non-hydrogen) atoms. The lowest BCUT2D eigenvalue weighted by atomic mass is 9.89. The van der Waals surface area contributed by atoms with Gasteiger partial charge in [-0.1, -0.05) is 23.7 Å². The van der Waals surface area contributed by atoms with Crippen LogP contribution in [0.5, 0.6) is 0 Å². The van der Waals surface area contributed by atoms with E-state index < -0.39 is 0 Å². The van der Waals surface area contributed by atoms with Crippen LogP contribution < -0.4 is 5.73 Å². The summed E-state index contributed by atoms with van der Waals surface area (Å²) in [5.41, 5.74) is 8.69. The fourth-order valence-electron chi connectivity index (χ4n) is 2.85. The minimum Gasteiger partial charge on any atom is -0.399 e. The summed E-state index contributed by atoms with van der Waals surface area (Å²) in [6.45, 7) is 1.85. The summed E-state index contributed by atoms with van der Waals surface area (Å²) in [5, 5.41) is 4.86. The molecule has 1 aliphatic carbocycles. The number of benzene rings is 1. The van der Waals surface area contributed by atoms with Gasteiger partial charge >= 0.3 is 0 Å². The van der Waals surface area contributed by atoms with Crippen LogP contribution in [0.3, 0.4) is 0 Å². The number of aromatic nitrogens is 2. The Kier molecular flexibility index (Phi) is 3.29. The van der Waals surface area contributed by atoms with E-state index >= 15 is 0 Å². The molecule has 0 atom stereocenters. The second-order valence-electron chi connectivity index (χ2n) is 5.77. The lowest BCUT2D eigenvalue weighted by molar-refractivity contribution is -0.120. The summed E-state index contributed by atoms with van der Waals surface area (Å²) in [5.74, 6) is 0.206. The first-order valence-electron chi connectivity index (χ1n) is 7.01. The molecule has 0 radical (unpaired) electrons. The van der Waals surface area contributed by atoms with Crippen molar-refractivity contribution in [1.82, 2.24) is 9.78 Å². The first-order valence-corrected chi connectivity index (χ1v) is 7.39. The molecule has 1 aliphatic rings. The van der Waals surface area contributed by atoms with Gasteiger partial charge in [0.1, 0.15) is 5.78 Å². The molecule has 0 aliphatic heterocycles. The molecule has 2 N–H and O–H groups in total. The van der Waals surface area contributed by atoms with Crippen molar-refractivity contribution in [3.63, 3.8) is 0 Å². The van der Waals surface area contributed by atoms with Crippen molar-refractivity contribution in [3.05, 3.63) is 46.2 Å². The molecule has 110 valence electrons. The van der Waals surface area contributed by atoms with Gasteiger partial charge in [-0.15, -0.1) is 0 Å². The van der Waals surface area contributed by atoms with Gasteiger partial charge < -0.3 is 5.73 Å². The van der Waals surface area contributed by atoms with Gasteiger partial charge in [0.15, 0.2) is 0 Å². The van der Waals surface area contributed by atoms with E-state index in [-0.39, 0.29) is 11.2 Å². The normalized spacial score (nSPS) is 16.0. The summed E-state index contributed by atoms with van der Waals surface area (Å²) in [4.78, 5) is 12.8. The number of carbonyl (C=O) groups excluding carboxylic acids is 1. The van der Waals surface area contributed by atoms with E-state index in [2.05, 4.69) is 5.10 Å². The minimum absolute atomic E-state index is 0.206. The van der Waals surface area contributed by atoms with Crippen LogP contribution in [0, 0.1) is 6.92 Å². The Morgan fingerprint density at radius 1 is 1.38 bits per heavy atom. The third-order valence-electron chi connectivity index (χ3n) is 4.34. The van der Waals surface area contributed by atoms with E-state index in [1.54, 1.807) is 4.68 Å². The fraction of sp³-hybridized carbons (Fsp3) is 0.375. The quantitative estimate of drug-likeness (QED) is 0.884. The third-order valence-corrected chi connectivity index (χ3v) is 4.83. The zero-order valence-electron chi connectivity index (χ0n) is 12.2. The molecule has 0 bridgehead atoms. The number of hydrogen-bond acceptors (Lipinski definition) is 3. The zero-order valence-corrected chi connectivity index (χ0v) is 12.9. The van der Waals surface area contributed by atoms with E-state index in [1.807, 2.05) is 38.2 Å². The number of carbonyl (C=O) groups is 1. The number of hydrogen-bond donors (Lipinski definition) is 1. The Morgan fingerprint density at radius 2 is 2.00 bits per heavy atom. The molecule has 1 fully saturated rings. The van der Waals surface area contributed by atoms with Crippen LogP contribution in [-0.4, -0.2) is 15.6 Å². The SMILES string of the molecule is Cc1nn(C)c(CC(=O)C2(c3ccc(N)cc3)CC2)c1Cl. The Labute approximate surface area is 128 Å². The number of anilines is 1. The largest absolute Gasteiger partial charge is 0.399 e. The van der Waals surface area contributed by atoms with Crippen molar-refractivity contribution in [3.8, 4) is 0 Å². The lowest BCUT2D eigenvalue weighted by Crippen LogP contribution is -2.23. The van der Waals surface area contributed by atoms with Gasteiger partial charge in [-0.25, -0.2) is 0 Å². The monoisotopic (exact) mass is 303 g/mol. The molecule has 0 amide bonds. The summed E-state index contributed by atoms with van der Waals surface area (Å²) >= 11 is 6.24. The molecule has 1 heterocycles. The number of nitrogens with two attached hydrogens (primary N) is 1. The third kappa shape index (κ3) is 2.33. The number of aryl methyl sites for hydroxylation is 2. The number of halogens is 1. The van der Waals surface area contributed by atoms with Crippen molar-refractivity contribution in [2.45, 2.75) is 31.6 Å². The van der Waals surface area contributed by atoms with Gasteiger partial charge in [-0.05, 0) is 37.5 Å². The summed E-state index contributed by atoms with van der Waals surface area (Å²) in [6, 6.07) is 7.61. The maximum atomic E-state index is 12.8. The first kappa shape index (κ1) is 14.1. The van der Waals surface area contributed by atoms with Gasteiger partial charge in [-0.3, -0.25) is 9.48 Å². The lowest BCUT2D eigenvalue weighted by Gasteiger charge is -2.15. The van der Waals surface area contributed by atoms with E-state index in [4.69, 9.17) is 17.3 Å². The van der Waals surface area contributed by atoms with E-state index in [0.29, 0.717) is 17.1 Å². The Balaban J connectivity index is 1.87. The average Bonchev–Trinajstić information content (AvgIpc) is 3.21. The van der Waals surface area contributed by atoms with Crippen LogP contribution in [0.1, 0.15) is 29.8 Å². The van der Waals surface area contributed by atoms with Gasteiger partial charge in [-0.2, -0.15) is 5.10 Å². The van der Waals surface area contributed by atoms with Crippen molar-refractivity contribution >= 4 is 23.1 Å². The number of rotatable bonds is 4. The predicted octanol–water partition coefficient (Wildman–Crippen LogP) is 2.81. The highest BCUT2D eigenvalue weighted by Crippen LogP contribution is 2.49. The smallest absolute Gasteiger partial charge is 0.149 e. The Morgan fingerprint density at radius 3 is 2.48 bits per heavy atom. The Bertz CT molecular complexity index is 699. The van der Waals surface area contributed by atoms with Crippen LogP contribution in [0.4, 0.5) is 5.69 Å². The van der Waals surface area contributed by atoms with Gasteiger partial charge in [0.25, 0.3) is 0 Å². The topological polar surface area (TPSA) is 60.9 Å². The number of ketones is 1. The molecule has 4 nitrogen and oxygen atoms in total. The van der Waals surface area contributed by atoms with Crippen LogP contribution in [0.15, 0.2) is 24.3 Å². The average molecular weight is 304 g/mol. The summed E-state index contributed by atoms with van der Waals surface area (Å²) in [7, 11) is 1.82. The second kappa shape index (κ2) is 4.88. The van der Waals surface area contributed by atoms with Crippen molar-refractivity contribution in [1.29, 1.82) is 0 Å². The first-order chi connectivity index (χ1) is 9.94. The summed E-state index contributed by atoms with van der Waals surface area (Å²) in [6.07, 6.45) is 2.11. The van der Waals surface area contributed by atoms with Crippen molar-refractivity contribution in [2.75, 3.05) is 5.73 Å². The molecule has 5 heteroatoms. The number of Topliss-reactive ketones (excluding diaryl/α,β-unsaturated/α-hetero) is 1. The highest BCUT2D eigenvalue weighted by molar-refractivity contribution is 6.32. The molecule has 1 aromatic heterocycles.